The first-order chi connectivity index (χ1) is 8.70. The third-order valence-corrected chi connectivity index (χ3v) is 4.99. The molecule has 0 bridgehead atoms. The summed E-state index contributed by atoms with van der Waals surface area (Å²) < 4.78 is 5.49. The van der Waals surface area contributed by atoms with Gasteiger partial charge in [0.15, 0.2) is 0 Å². The summed E-state index contributed by atoms with van der Waals surface area (Å²) in [5, 5.41) is 3.77. The minimum absolute atomic E-state index is 0.347. The number of rotatable bonds is 4. The van der Waals surface area contributed by atoms with E-state index in [1.54, 1.807) is 0 Å². The summed E-state index contributed by atoms with van der Waals surface area (Å²) in [6, 6.07) is 0.668. The van der Waals surface area contributed by atoms with Gasteiger partial charge < -0.3 is 10.1 Å². The molecule has 1 aliphatic heterocycles. The third kappa shape index (κ3) is 3.06. The summed E-state index contributed by atoms with van der Waals surface area (Å²) in [6.07, 6.45) is 8.53. The molecule has 0 radical (unpaired) electrons. The molecule has 0 aromatic rings. The molecule has 2 atom stereocenters. The standard InChI is InChI=1S/C15H30N2O/c1-4-14-11-17(10-13(2)18-3)15(12-16-14)8-6-5-7-9-15/h13-14,16H,4-12H2,1-3H3. The lowest BCUT2D eigenvalue weighted by atomic mass is 9.78. The summed E-state index contributed by atoms with van der Waals surface area (Å²) in [4.78, 5) is 2.74. The van der Waals surface area contributed by atoms with Gasteiger partial charge in [0.1, 0.15) is 0 Å². The molecule has 106 valence electrons. The van der Waals surface area contributed by atoms with Gasteiger partial charge in [-0.2, -0.15) is 0 Å². The molecule has 1 saturated carbocycles. The Morgan fingerprint density at radius 3 is 2.67 bits per heavy atom. The lowest BCUT2D eigenvalue weighted by Gasteiger charge is -2.52. The molecule has 2 aliphatic rings. The van der Waals surface area contributed by atoms with E-state index >= 15 is 0 Å². The van der Waals surface area contributed by atoms with Crippen molar-refractivity contribution in [1.29, 1.82) is 0 Å². The lowest BCUT2D eigenvalue weighted by Crippen LogP contribution is -2.66. The van der Waals surface area contributed by atoms with Gasteiger partial charge in [-0.1, -0.05) is 26.2 Å². The maximum atomic E-state index is 5.49. The summed E-state index contributed by atoms with van der Waals surface area (Å²) in [6.45, 7) is 7.95. The average Bonchev–Trinajstić information content (AvgIpc) is 2.42. The molecule has 1 heterocycles. The normalized spacial score (nSPS) is 30.5. The molecular formula is C15H30N2O. The van der Waals surface area contributed by atoms with Crippen molar-refractivity contribution in [2.75, 3.05) is 26.7 Å². The van der Waals surface area contributed by atoms with Crippen LogP contribution in [0.2, 0.25) is 0 Å². The fraction of sp³-hybridized carbons (Fsp3) is 1.00. The van der Waals surface area contributed by atoms with Crippen LogP contribution in [0.25, 0.3) is 0 Å². The zero-order valence-electron chi connectivity index (χ0n) is 12.4. The third-order valence-electron chi connectivity index (χ3n) is 4.99. The van der Waals surface area contributed by atoms with Crippen LogP contribution in [-0.2, 0) is 4.74 Å². The molecule has 2 rings (SSSR count). The van der Waals surface area contributed by atoms with E-state index in [0.29, 0.717) is 17.7 Å². The number of piperazine rings is 1. The second-order valence-electron chi connectivity index (χ2n) is 6.22. The first-order valence-corrected chi connectivity index (χ1v) is 7.71. The Bertz CT molecular complexity index is 249. The van der Waals surface area contributed by atoms with Gasteiger partial charge in [-0.05, 0) is 26.2 Å². The van der Waals surface area contributed by atoms with E-state index in [1.165, 1.54) is 51.6 Å². The Morgan fingerprint density at radius 2 is 2.06 bits per heavy atom. The van der Waals surface area contributed by atoms with E-state index < -0.39 is 0 Å². The van der Waals surface area contributed by atoms with Crippen LogP contribution in [0.15, 0.2) is 0 Å². The van der Waals surface area contributed by atoms with E-state index in [2.05, 4.69) is 24.1 Å². The highest BCUT2D eigenvalue weighted by Gasteiger charge is 2.42. The van der Waals surface area contributed by atoms with Crippen molar-refractivity contribution < 1.29 is 4.74 Å². The van der Waals surface area contributed by atoms with Gasteiger partial charge in [0.25, 0.3) is 0 Å². The fourth-order valence-corrected chi connectivity index (χ4v) is 3.60. The first-order valence-electron chi connectivity index (χ1n) is 7.71. The molecule has 18 heavy (non-hydrogen) atoms. The summed E-state index contributed by atoms with van der Waals surface area (Å²) in [5.41, 5.74) is 0.427. The van der Waals surface area contributed by atoms with E-state index in [9.17, 15) is 0 Å². The maximum Gasteiger partial charge on any atom is 0.0670 e. The second-order valence-corrected chi connectivity index (χ2v) is 6.22. The minimum atomic E-state index is 0.347. The molecule has 1 aliphatic carbocycles. The second kappa shape index (κ2) is 6.36. The van der Waals surface area contributed by atoms with E-state index in [4.69, 9.17) is 4.74 Å². The molecule has 0 aromatic heterocycles. The zero-order valence-corrected chi connectivity index (χ0v) is 12.4. The van der Waals surface area contributed by atoms with Crippen molar-refractivity contribution in [3.05, 3.63) is 0 Å². The smallest absolute Gasteiger partial charge is 0.0670 e. The molecule has 3 heteroatoms. The molecule has 2 unspecified atom stereocenters. The van der Waals surface area contributed by atoms with Crippen LogP contribution in [0.1, 0.15) is 52.4 Å². The first kappa shape index (κ1) is 14.3. The summed E-state index contributed by atoms with van der Waals surface area (Å²) in [5.74, 6) is 0. The van der Waals surface area contributed by atoms with Crippen molar-refractivity contribution in [2.45, 2.75) is 70.1 Å². The SMILES string of the molecule is CCC1CN(CC(C)OC)C2(CCCCC2)CN1. The van der Waals surface area contributed by atoms with E-state index in [-0.39, 0.29) is 0 Å². The number of hydrogen-bond donors (Lipinski definition) is 1. The highest BCUT2D eigenvalue weighted by Crippen LogP contribution is 2.35. The molecule has 3 nitrogen and oxygen atoms in total. The number of methoxy groups -OCH3 is 1. The van der Waals surface area contributed by atoms with Gasteiger partial charge in [-0.3, -0.25) is 4.90 Å². The van der Waals surface area contributed by atoms with Gasteiger partial charge in [0, 0.05) is 38.3 Å². The molecule has 1 saturated heterocycles. The topological polar surface area (TPSA) is 24.5 Å². The van der Waals surface area contributed by atoms with Gasteiger partial charge in [0.05, 0.1) is 6.10 Å². The summed E-state index contributed by atoms with van der Waals surface area (Å²) >= 11 is 0. The van der Waals surface area contributed by atoms with Crippen molar-refractivity contribution in [3.8, 4) is 0 Å². The Morgan fingerprint density at radius 1 is 1.33 bits per heavy atom. The van der Waals surface area contributed by atoms with Gasteiger partial charge in [-0.15, -0.1) is 0 Å². The molecule has 0 amide bonds. The fourth-order valence-electron chi connectivity index (χ4n) is 3.60. The molecular weight excluding hydrogens is 224 g/mol. The van der Waals surface area contributed by atoms with Crippen LogP contribution in [0.3, 0.4) is 0 Å². The molecule has 1 spiro atoms. The highest BCUT2D eigenvalue weighted by molar-refractivity contribution is 5.00. The molecule has 2 fully saturated rings. The van der Waals surface area contributed by atoms with Crippen molar-refractivity contribution in [3.63, 3.8) is 0 Å². The predicted molar refractivity (Wildman–Crippen MR) is 75.9 cm³/mol. The number of nitrogens with one attached hydrogen (secondary N) is 1. The highest BCUT2D eigenvalue weighted by atomic mass is 16.5. The van der Waals surface area contributed by atoms with Gasteiger partial charge >= 0.3 is 0 Å². The van der Waals surface area contributed by atoms with Gasteiger partial charge in [0.2, 0.25) is 0 Å². The number of ether oxygens (including phenoxy) is 1. The summed E-state index contributed by atoms with van der Waals surface area (Å²) in [7, 11) is 1.83. The Balaban J connectivity index is 2.05. The quantitative estimate of drug-likeness (QED) is 0.834. The lowest BCUT2D eigenvalue weighted by molar-refractivity contribution is -0.0264. The van der Waals surface area contributed by atoms with Crippen LogP contribution in [-0.4, -0.2) is 49.3 Å². The van der Waals surface area contributed by atoms with Crippen LogP contribution in [0, 0.1) is 0 Å². The van der Waals surface area contributed by atoms with E-state index in [1.807, 2.05) is 7.11 Å². The largest absolute Gasteiger partial charge is 0.380 e. The molecule has 0 aromatic carbocycles. The van der Waals surface area contributed by atoms with Crippen molar-refractivity contribution in [2.24, 2.45) is 0 Å². The maximum absolute atomic E-state index is 5.49. The van der Waals surface area contributed by atoms with Crippen LogP contribution < -0.4 is 5.32 Å². The van der Waals surface area contributed by atoms with Gasteiger partial charge in [-0.25, -0.2) is 0 Å². The Labute approximate surface area is 112 Å². The van der Waals surface area contributed by atoms with Crippen molar-refractivity contribution >= 4 is 0 Å². The Hall–Kier alpha value is -0.120. The zero-order chi connectivity index (χ0) is 13.0. The van der Waals surface area contributed by atoms with Crippen LogP contribution in [0.4, 0.5) is 0 Å². The average molecular weight is 254 g/mol. The molecule has 1 N–H and O–H groups in total. The monoisotopic (exact) mass is 254 g/mol. The van der Waals surface area contributed by atoms with Crippen LogP contribution in [0.5, 0.6) is 0 Å². The predicted octanol–water partition coefficient (Wildman–Crippen LogP) is 2.41. The number of nitrogens with zero attached hydrogens (tertiary/aromatic N) is 1. The Kier molecular flexibility index (Phi) is 5.05. The number of hydrogen-bond acceptors (Lipinski definition) is 3. The van der Waals surface area contributed by atoms with Crippen LogP contribution >= 0.6 is 0 Å². The minimum Gasteiger partial charge on any atom is -0.380 e. The van der Waals surface area contributed by atoms with Crippen molar-refractivity contribution in [1.82, 2.24) is 10.2 Å². The van der Waals surface area contributed by atoms with E-state index in [0.717, 1.165) is 6.54 Å².